The smallest absolute Gasteiger partial charge is 0.261 e. The van der Waals surface area contributed by atoms with E-state index in [1.807, 2.05) is 0 Å². The molecule has 1 aliphatic rings. The van der Waals surface area contributed by atoms with Gasteiger partial charge in [0.1, 0.15) is 5.75 Å². The van der Waals surface area contributed by atoms with Crippen molar-refractivity contribution < 1.29 is 17.9 Å². The fraction of sp³-hybridized carbons (Fsp3) is 0.235. The van der Waals surface area contributed by atoms with E-state index >= 15 is 0 Å². The van der Waals surface area contributed by atoms with Gasteiger partial charge in [0.2, 0.25) is 0 Å². The number of nitrogens with one attached hydrogen (secondary N) is 1. The Morgan fingerprint density at radius 2 is 2.00 bits per heavy atom. The average Bonchev–Trinajstić information content (AvgIpc) is 2.54. The number of rotatable bonds is 4. The monoisotopic (exact) mass is 331 g/mol. The zero-order chi connectivity index (χ0) is 16.4. The molecule has 23 heavy (non-hydrogen) atoms. The van der Waals surface area contributed by atoms with Crippen molar-refractivity contribution in [2.45, 2.75) is 24.7 Å². The number of ether oxygens (including phenoxy) is 1. The molecule has 0 saturated carbocycles. The van der Waals surface area contributed by atoms with E-state index in [9.17, 15) is 13.2 Å². The van der Waals surface area contributed by atoms with Crippen LogP contribution >= 0.6 is 0 Å². The Balaban J connectivity index is 1.90. The number of hydrogen-bond acceptors (Lipinski definition) is 4. The number of aryl methyl sites for hydroxylation is 1. The largest absolute Gasteiger partial charge is 0.493 e. The standard InChI is InChI=1S/C17H17NO4S/c1-12(19)13-4-2-6-15(10-13)18-23(20,21)16-7-8-17-14(11-16)5-3-9-22-17/h2,4,6-8,10-11,18H,3,5,9H2,1H3. The van der Waals surface area contributed by atoms with Crippen molar-refractivity contribution in [3.05, 3.63) is 53.6 Å². The van der Waals surface area contributed by atoms with Crippen molar-refractivity contribution in [2.75, 3.05) is 11.3 Å². The molecule has 0 saturated heterocycles. The van der Waals surface area contributed by atoms with Crippen LogP contribution in [0.15, 0.2) is 47.4 Å². The van der Waals surface area contributed by atoms with Crippen LogP contribution in [0.4, 0.5) is 5.69 Å². The molecule has 0 atom stereocenters. The van der Waals surface area contributed by atoms with Crippen molar-refractivity contribution in [3.63, 3.8) is 0 Å². The third-order valence-corrected chi connectivity index (χ3v) is 5.09. The third-order valence-electron chi connectivity index (χ3n) is 3.71. The lowest BCUT2D eigenvalue weighted by Crippen LogP contribution is -2.15. The Kier molecular flexibility index (Phi) is 4.09. The topological polar surface area (TPSA) is 72.5 Å². The molecule has 0 amide bonds. The van der Waals surface area contributed by atoms with Crippen LogP contribution in [-0.2, 0) is 16.4 Å². The summed E-state index contributed by atoms with van der Waals surface area (Å²) in [4.78, 5) is 11.6. The van der Waals surface area contributed by atoms with E-state index < -0.39 is 10.0 Å². The minimum absolute atomic E-state index is 0.114. The number of carbonyl (C=O) groups excluding carboxylic acids is 1. The van der Waals surface area contributed by atoms with Crippen LogP contribution in [0.5, 0.6) is 5.75 Å². The highest BCUT2D eigenvalue weighted by molar-refractivity contribution is 7.92. The first-order chi connectivity index (χ1) is 11.0. The first-order valence-corrected chi connectivity index (χ1v) is 8.83. The number of anilines is 1. The molecule has 6 heteroatoms. The van der Waals surface area contributed by atoms with Gasteiger partial charge >= 0.3 is 0 Å². The lowest BCUT2D eigenvalue weighted by atomic mass is 10.1. The Hall–Kier alpha value is -2.34. The van der Waals surface area contributed by atoms with Gasteiger partial charge in [-0.25, -0.2) is 8.42 Å². The number of fused-ring (bicyclic) bond motifs is 1. The number of Topliss-reactive ketones (excluding diaryl/α,β-unsaturated/α-hetero) is 1. The van der Waals surface area contributed by atoms with Crippen molar-refractivity contribution in [1.29, 1.82) is 0 Å². The van der Waals surface area contributed by atoms with Crippen LogP contribution in [-0.4, -0.2) is 20.8 Å². The van der Waals surface area contributed by atoms with Crippen molar-refractivity contribution in [3.8, 4) is 5.75 Å². The lowest BCUT2D eigenvalue weighted by Gasteiger charge is -2.18. The van der Waals surface area contributed by atoms with E-state index in [1.54, 1.807) is 30.3 Å². The number of hydrogen-bond donors (Lipinski definition) is 1. The molecule has 3 rings (SSSR count). The molecular weight excluding hydrogens is 314 g/mol. The molecule has 0 unspecified atom stereocenters. The lowest BCUT2D eigenvalue weighted by molar-refractivity contribution is 0.101. The molecule has 0 bridgehead atoms. The molecule has 0 fully saturated rings. The summed E-state index contributed by atoms with van der Waals surface area (Å²) in [6.07, 6.45) is 1.68. The maximum absolute atomic E-state index is 12.5. The summed E-state index contributed by atoms with van der Waals surface area (Å²) in [6, 6.07) is 11.3. The van der Waals surface area contributed by atoms with E-state index in [4.69, 9.17) is 4.74 Å². The van der Waals surface area contributed by atoms with Crippen molar-refractivity contribution in [2.24, 2.45) is 0 Å². The van der Waals surface area contributed by atoms with Crippen LogP contribution in [0.1, 0.15) is 29.3 Å². The Morgan fingerprint density at radius 1 is 1.17 bits per heavy atom. The van der Waals surface area contributed by atoms with Crippen molar-refractivity contribution in [1.82, 2.24) is 0 Å². The predicted octanol–water partition coefficient (Wildman–Crippen LogP) is 3.02. The molecule has 2 aromatic rings. The number of ketones is 1. The highest BCUT2D eigenvalue weighted by Gasteiger charge is 2.18. The Labute approximate surface area is 135 Å². The minimum atomic E-state index is -3.71. The highest BCUT2D eigenvalue weighted by atomic mass is 32.2. The van der Waals surface area contributed by atoms with Gasteiger partial charge in [-0.2, -0.15) is 0 Å². The summed E-state index contributed by atoms with van der Waals surface area (Å²) in [5.74, 6) is 0.630. The summed E-state index contributed by atoms with van der Waals surface area (Å²) in [5, 5.41) is 0. The second kappa shape index (κ2) is 6.04. The first-order valence-electron chi connectivity index (χ1n) is 7.35. The second-order valence-electron chi connectivity index (χ2n) is 5.46. The summed E-state index contributed by atoms with van der Waals surface area (Å²) in [5.41, 5.74) is 1.73. The zero-order valence-electron chi connectivity index (χ0n) is 12.7. The van der Waals surface area contributed by atoms with Gasteiger partial charge in [-0.1, -0.05) is 12.1 Å². The van der Waals surface area contributed by atoms with Crippen molar-refractivity contribution >= 4 is 21.5 Å². The van der Waals surface area contributed by atoms with Crippen LogP contribution in [0, 0.1) is 0 Å². The van der Waals surface area contributed by atoms with Gasteiger partial charge in [0, 0.05) is 11.3 Å². The normalized spacial score (nSPS) is 13.8. The van der Waals surface area contributed by atoms with Crippen LogP contribution in [0.25, 0.3) is 0 Å². The van der Waals surface area contributed by atoms with Crippen LogP contribution in [0.2, 0.25) is 0 Å². The fourth-order valence-corrected chi connectivity index (χ4v) is 3.62. The summed E-state index contributed by atoms with van der Waals surface area (Å²) in [6.45, 7) is 2.10. The molecule has 0 aliphatic carbocycles. The SMILES string of the molecule is CC(=O)c1cccc(NS(=O)(=O)c2ccc3c(c2)CCCO3)c1. The number of carbonyl (C=O) groups is 1. The van der Waals surface area contributed by atoms with Gasteiger partial charge in [-0.05, 0) is 55.7 Å². The molecule has 5 nitrogen and oxygen atoms in total. The summed E-state index contributed by atoms with van der Waals surface area (Å²) in [7, 11) is -3.71. The van der Waals surface area contributed by atoms with E-state index in [2.05, 4.69) is 4.72 Å². The maximum Gasteiger partial charge on any atom is 0.261 e. The Bertz CT molecular complexity index is 859. The molecule has 1 aliphatic heterocycles. The van der Waals surface area contributed by atoms with Gasteiger partial charge in [-0.3, -0.25) is 9.52 Å². The van der Waals surface area contributed by atoms with Gasteiger partial charge in [0.15, 0.2) is 5.78 Å². The first kappa shape index (κ1) is 15.6. The average molecular weight is 331 g/mol. The van der Waals surface area contributed by atoms with E-state index in [-0.39, 0.29) is 10.7 Å². The molecule has 0 spiro atoms. The Morgan fingerprint density at radius 3 is 2.78 bits per heavy atom. The van der Waals surface area contributed by atoms with Crippen LogP contribution in [0.3, 0.4) is 0 Å². The minimum Gasteiger partial charge on any atom is -0.493 e. The molecule has 2 aromatic carbocycles. The highest BCUT2D eigenvalue weighted by Crippen LogP contribution is 2.28. The zero-order valence-corrected chi connectivity index (χ0v) is 13.5. The molecule has 120 valence electrons. The van der Waals surface area contributed by atoms with E-state index in [1.165, 1.54) is 19.1 Å². The molecule has 1 N–H and O–H groups in total. The number of sulfonamides is 1. The maximum atomic E-state index is 12.5. The molecule has 0 aromatic heterocycles. The summed E-state index contributed by atoms with van der Waals surface area (Å²) < 4.78 is 33.1. The van der Waals surface area contributed by atoms with E-state index in [0.717, 1.165) is 24.2 Å². The molecule has 1 heterocycles. The van der Waals surface area contributed by atoms with Gasteiger partial charge < -0.3 is 4.74 Å². The molecule has 0 radical (unpaired) electrons. The second-order valence-corrected chi connectivity index (χ2v) is 7.15. The number of benzene rings is 2. The summed E-state index contributed by atoms with van der Waals surface area (Å²) >= 11 is 0. The van der Waals surface area contributed by atoms with E-state index in [0.29, 0.717) is 17.9 Å². The molecular formula is C17H17NO4S. The van der Waals surface area contributed by atoms with Crippen LogP contribution < -0.4 is 9.46 Å². The fourth-order valence-electron chi connectivity index (χ4n) is 2.52. The van der Waals surface area contributed by atoms with Gasteiger partial charge in [0.25, 0.3) is 10.0 Å². The third kappa shape index (κ3) is 3.37. The van der Waals surface area contributed by atoms with Gasteiger partial charge in [0.05, 0.1) is 11.5 Å². The van der Waals surface area contributed by atoms with Gasteiger partial charge in [-0.15, -0.1) is 0 Å². The quantitative estimate of drug-likeness (QED) is 0.874. The predicted molar refractivity (Wildman–Crippen MR) is 87.5 cm³/mol.